The molecule has 0 bridgehead atoms. The minimum Gasteiger partial charge on any atom is -0.756 e. The van der Waals surface area contributed by atoms with Gasteiger partial charge in [0.05, 0.1) is 27.7 Å². The second-order valence-electron chi connectivity index (χ2n) is 27.7. The fourth-order valence-corrected chi connectivity index (χ4v) is 11.4. The number of likely N-dealkylation sites (N-methyl/N-ethyl adjacent to an activating group) is 1. The summed E-state index contributed by atoms with van der Waals surface area (Å²) in [6.45, 7) is 3.97. The normalized spacial score (nSPS) is 14.1. The summed E-state index contributed by atoms with van der Waals surface area (Å²) in [5, 5.41) is 0. The standard InChI is InChI=1S/C92H150NO8P/c1-6-8-10-12-14-16-18-20-22-24-26-28-30-32-34-36-38-40-42-44-45-46-47-49-50-52-54-56-58-60-62-64-66-68-70-72-74-76-78-80-82-84-91(94)98-88-90(89-100-102(96,97)99-87-86-93(3,4)5)101-92(95)85-83-81-79-77-75-73-71-69-67-65-63-61-59-57-55-53-51-48-43-41-39-37-35-33-31-29-27-25-23-21-19-17-15-13-11-9-7-2/h8-11,14-17,20-23,26-29,32-35,38-41,48,51,55,57,61,63,67,69,73,75,90H,6-7,12-13,18-19,24-25,30-31,36-37,42-47,49-50,52-54,56,58-60,62,64-66,68,70-72,74,76-89H2,1-5H3/b10-8-,11-9-,16-14-,17-15-,22-20-,23-21-,28-26-,29-27-,34-32-,35-33-,40-38-,41-39-,51-48-,57-55-,63-61-,69-67-,75-73-. The van der Waals surface area contributed by atoms with Crippen LogP contribution in [0.4, 0.5) is 0 Å². The van der Waals surface area contributed by atoms with E-state index < -0.39 is 32.5 Å². The molecule has 0 aliphatic heterocycles. The third kappa shape index (κ3) is 83.5. The van der Waals surface area contributed by atoms with E-state index in [0.29, 0.717) is 17.4 Å². The van der Waals surface area contributed by atoms with Gasteiger partial charge in [-0.05, 0) is 148 Å². The van der Waals surface area contributed by atoms with Gasteiger partial charge < -0.3 is 27.9 Å². The Morgan fingerprint density at radius 2 is 0.529 bits per heavy atom. The number of carbonyl (C=O) groups is 2. The number of hydrogen-bond acceptors (Lipinski definition) is 8. The van der Waals surface area contributed by atoms with E-state index in [1.165, 1.54) is 128 Å². The highest BCUT2D eigenvalue weighted by Gasteiger charge is 2.22. The Hall–Kier alpha value is -5.41. The van der Waals surface area contributed by atoms with Gasteiger partial charge in [-0.25, -0.2) is 0 Å². The van der Waals surface area contributed by atoms with E-state index in [2.05, 4.69) is 220 Å². The van der Waals surface area contributed by atoms with Gasteiger partial charge >= 0.3 is 11.9 Å². The Morgan fingerprint density at radius 1 is 0.304 bits per heavy atom. The van der Waals surface area contributed by atoms with Gasteiger partial charge in [0.25, 0.3) is 7.82 Å². The molecule has 2 atom stereocenters. The van der Waals surface area contributed by atoms with Crippen LogP contribution in [0.25, 0.3) is 0 Å². The number of nitrogens with zero attached hydrogens (tertiary/aromatic N) is 1. The zero-order valence-corrected chi connectivity index (χ0v) is 66.6. The van der Waals surface area contributed by atoms with Crippen LogP contribution >= 0.6 is 7.82 Å². The van der Waals surface area contributed by atoms with Gasteiger partial charge in [-0.15, -0.1) is 0 Å². The first-order chi connectivity index (χ1) is 50.0. The molecular formula is C92H150NO8P. The second kappa shape index (κ2) is 79.7. The van der Waals surface area contributed by atoms with E-state index in [1.807, 2.05) is 21.1 Å². The Balaban J connectivity index is 4.06. The maximum atomic E-state index is 12.9. The summed E-state index contributed by atoms with van der Waals surface area (Å²) in [5.41, 5.74) is 0. The summed E-state index contributed by atoms with van der Waals surface area (Å²) < 4.78 is 34.4. The molecule has 0 rings (SSSR count). The van der Waals surface area contributed by atoms with Crippen molar-refractivity contribution in [1.29, 1.82) is 0 Å². The first kappa shape index (κ1) is 96.6. The number of ether oxygens (including phenoxy) is 2. The molecule has 0 spiro atoms. The fraction of sp³-hybridized carbons (Fsp3) is 0.609. The monoisotopic (exact) mass is 1430 g/mol. The minimum atomic E-state index is -4.67. The van der Waals surface area contributed by atoms with Crippen LogP contribution < -0.4 is 4.89 Å². The zero-order chi connectivity index (χ0) is 74.0. The Morgan fingerprint density at radius 3 is 0.794 bits per heavy atom. The zero-order valence-electron chi connectivity index (χ0n) is 65.7. The lowest BCUT2D eigenvalue weighted by molar-refractivity contribution is -0.870. The van der Waals surface area contributed by atoms with Crippen molar-refractivity contribution in [1.82, 2.24) is 0 Å². The van der Waals surface area contributed by atoms with Crippen molar-refractivity contribution in [2.45, 2.75) is 315 Å². The average Bonchev–Trinajstić information content (AvgIpc) is 0.913. The van der Waals surface area contributed by atoms with Crippen molar-refractivity contribution in [2.24, 2.45) is 0 Å². The molecule has 2 unspecified atom stereocenters. The van der Waals surface area contributed by atoms with E-state index >= 15 is 0 Å². The number of rotatable bonds is 73. The number of hydrogen-bond donors (Lipinski definition) is 0. The van der Waals surface area contributed by atoms with Gasteiger partial charge in [-0.2, -0.15) is 0 Å². The Labute approximate surface area is 627 Å². The molecular weight excluding hydrogens is 1280 g/mol. The largest absolute Gasteiger partial charge is 0.756 e. The van der Waals surface area contributed by atoms with Crippen LogP contribution in [0.5, 0.6) is 0 Å². The van der Waals surface area contributed by atoms with E-state index in [0.717, 1.165) is 148 Å². The Kier molecular flexibility index (Phi) is 75.5. The smallest absolute Gasteiger partial charge is 0.306 e. The topological polar surface area (TPSA) is 111 Å². The molecule has 102 heavy (non-hydrogen) atoms. The number of esters is 2. The fourth-order valence-electron chi connectivity index (χ4n) is 10.7. The van der Waals surface area contributed by atoms with Gasteiger partial charge in [-0.3, -0.25) is 14.2 Å². The molecule has 10 heteroatoms. The van der Waals surface area contributed by atoms with Gasteiger partial charge in [0, 0.05) is 12.8 Å². The summed E-state index contributed by atoms with van der Waals surface area (Å²) >= 11 is 0. The van der Waals surface area contributed by atoms with E-state index in [4.69, 9.17) is 18.5 Å². The van der Waals surface area contributed by atoms with Gasteiger partial charge in [0.2, 0.25) is 0 Å². The highest BCUT2D eigenvalue weighted by molar-refractivity contribution is 7.45. The van der Waals surface area contributed by atoms with Crippen molar-refractivity contribution in [3.63, 3.8) is 0 Å². The number of phosphoric ester groups is 1. The molecule has 0 amide bonds. The summed E-state index contributed by atoms with van der Waals surface area (Å²) in [5.74, 6) is -0.876. The third-order valence-corrected chi connectivity index (χ3v) is 17.8. The highest BCUT2D eigenvalue weighted by atomic mass is 31.2. The first-order valence-corrected chi connectivity index (χ1v) is 42.3. The molecule has 0 saturated heterocycles. The molecule has 0 N–H and O–H groups in total. The van der Waals surface area contributed by atoms with Crippen molar-refractivity contribution in [3.05, 3.63) is 207 Å². The summed E-state index contributed by atoms with van der Waals surface area (Å²) in [6, 6.07) is 0. The van der Waals surface area contributed by atoms with Gasteiger partial charge in [0.15, 0.2) is 6.10 Å². The van der Waals surface area contributed by atoms with E-state index in [9.17, 15) is 19.0 Å². The van der Waals surface area contributed by atoms with Crippen molar-refractivity contribution in [3.8, 4) is 0 Å². The van der Waals surface area contributed by atoms with Crippen LogP contribution in [-0.4, -0.2) is 70.0 Å². The van der Waals surface area contributed by atoms with Crippen LogP contribution in [-0.2, 0) is 32.7 Å². The predicted octanol–water partition coefficient (Wildman–Crippen LogP) is 27.1. The molecule has 0 heterocycles. The maximum Gasteiger partial charge on any atom is 0.306 e. The molecule has 0 aliphatic carbocycles. The molecule has 0 aromatic rings. The van der Waals surface area contributed by atoms with Gasteiger partial charge in [-0.1, -0.05) is 355 Å². The van der Waals surface area contributed by atoms with Crippen LogP contribution in [0.3, 0.4) is 0 Å². The quantitative estimate of drug-likeness (QED) is 0.0195. The van der Waals surface area contributed by atoms with Crippen LogP contribution in [0.2, 0.25) is 0 Å². The average molecular weight is 1430 g/mol. The van der Waals surface area contributed by atoms with Crippen molar-refractivity contribution < 1.29 is 42.1 Å². The predicted molar refractivity (Wildman–Crippen MR) is 442 cm³/mol. The van der Waals surface area contributed by atoms with Crippen LogP contribution in [0.1, 0.15) is 309 Å². The number of allylic oxidation sites excluding steroid dienone is 34. The third-order valence-electron chi connectivity index (χ3n) is 16.8. The van der Waals surface area contributed by atoms with Crippen molar-refractivity contribution in [2.75, 3.05) is 47.5 Å². The summed E-state index contributed by atoms with van der Waals surface area (Å²) in [7, 11) is 1.13. The molecule has 0 radical (unpaired) electrons. The summed E-state index contributed by atoms with van der Waals surface area (Å²) in [4.78, 5) is 38.2. The maximum absolute atomic E-state index is 12.9. The molecule has 0 aliphatic rings. The van der Waals surface area contributed by atoms with Crippen LogP contribution in [0, 0.1) is 0 Å². The van der Waals surface area contributed by atoms with E-state index in [1.54, 1.807) is 0 Å². The van der Waals surface area contributed by atoms with Crippen molar-refractivity contribution >= 4 is 19.8 Å². The summed E-state index contributed by atoms with van der Waals surface area (Å²) in [6.07, 6.45) is 125. The van der Waals surface area contributed by atoms with E-state index in [-0.39, 0.29) is 26.1 Å². The molecule has 0 aromatic heterocycles. The van der Waals surface area contributed by atoms with Crippen LogP contribution in [0.15, 0.2) is 207 Å². The number of quaternary nitrogens is 1. The second-order valence-corrected chi connectivity index (χ2v) is 29.1. The lowest BCUT2D eigenvalue weighted by Crippen LogP contribution is -2.37. The lowest BCUT2D eigenvalue weighted by atomic mass is 10.0. The molecule has 0 saturated carbocycles. The lowest BCUT2D eigenvalue weighted by Gasteiger charge is -2.28. The molecule has 576 valence electrons. The number of unbranched alkanes of at least 4 members (excludes halogenated alkanes) is 25. The molecule has 9 nitrogen and oxygen atoms in total. The highest BCUT2D eigenvalue weighted by Crippen LogP contribution is 2.38. The first-order valence-electron chi connectivity index (χ1n) is 40.8. The van der Waals surface area contributed by atoms with Gasteiger partial charge in [0.1, 0.15) is 19.8 Å². The number of carbonyl (C=O) groups excluding carboxylic acids is 2. The number of phosphoric acid groups is 1. The Bertz CT molecular complexity index is 2480. The minimum absolute atomic E-state index is 0.0464. The SMILES string of the molecule is CC/C=C\C/C=C\C/C=C\C/C=C\C/C=C\C/C=C\C/C=C\C/C=C\C/C=C\C/C=C\C/C=C\CCCCCC(=O)OC(COC(=O)CCCCCCCCCCCCCCCCCCCCCCCC/C=C\C/C=C\C/C=C\C/C=C\C/C=C\C/C=C\CC)COP(=O)([O-])OCC[N+](C)(C)C. The molecule has 0 fully saturated rings. The molecule has 0 aromatic carbocycles.